The molecule has 0 bridgehead atoms. The number of benzene rings is 2. The number of aromatic nitrogens is 2. The number of rotatable bonds is 4. The highest BCUT2D eigenvalue weighted by molar-refractivity contribution is 5.87. The molecular weight excluding hydrogens is 288 g/mol. The van der Waals surface area contributed by atoms with E-state index < -0.39 is 5.97 Å². The molecule has 1 heterocycles. The molecule has 4 heteroatoms. The number of carbonyl (C=O) groups is 1. The van der Waals surface area contributed by atoms with Gasteiger partial charge < -0.3 is 5.11 Å². The van der Waals surface area contributed by atoms with Gasteiger partial charge in [-0.2, -0.15) is 5.10 Å². The van der Waals surface area contributed by atoms with Gasteiger partial charge in [0.15, 0.2) is 5.69 Å². The van der Waals surface area contributed by atoms with Crippen molar-refractivity contribution >= 4 is 5.97 Å². The normalized spacial score (nSPS) is 10.7. The van der Waals surface area contributed by atoms with Crippen molar-refractivity contribution in [3.63, 3.8) is 0 Å². The van der Waals surface area contributed by atoms with Gasteiger partial charge >= 0.3 is 5.97 Å². The van der Waals surface area contributed by atoms with E-state index in [4.69, 9.17) is 0 Å². The van der Waals surface area contributed by atoms with Gasteiger partial charge in [0, 0.05) is 5.56 Å². The van der Waals surface area contributed by atoms with Crippen LogP contribution in [0.2, 0.25) is 0 Å². The SMILES string of the molecule is CCc1ccc(-n2nc(C(=O)O)cc2-c2ccc(C)cc2)cc1. The van der Waals surface area contributed by atoms with Gasteiger partial charge in [0.1, 0.15) is 0 Å². The van der Waals surface area contributed by atoms with Gasteiger partial charge in [0.2, 0.25) is 0 Å². The first kappa shape index (κ1) is 15.0. The topological polar surface area (TPSA) is 55.1 Å². The molecule has 116 valence electrons. The second-order valence-corrected chi connectivity index (χ2v) is 5.52. The van der Waals surface area contributed by atoms with Crippen LogP contribution in [0.5, 0.6) is 0 Å². The monoisotopic (exact) mass is 306 g/mol. The van der Waals surface area contributed by atoms with E-state index in [0.717, 1.165) is 28.9 Å². The van der Waals surface area contributed by atoms with E-state index in [1.165, 1.54) is 5.56 Å². The van der Waals surface area contributed by atoms with Gasteiger partial charge in [0.05, 0.1) is 11.4 Å². The second-order valence-electron chi connectivity index (χ2n) is 5.52. The molecule has 0 radical (unpaired) electrons. The Labute approximate surface area is 135 Å². The maximum atomic E-state index is 11.3. The lowest BCUT2D eigenvalue weighted by Crippen LogP contribution is -2.02. The third kappa shape index (κ3) is 3.01. The fourth-order valence-corrected chi connectivity index (χ4v) is 2.49. The van der Waals surface area contributed by atoms with E-state index in [0.29, 0.717) is 0 Å². The Morgan fingerprint density at radius 2 is 1.74 bits per heavy atom. The van der Waals surface area contributed by atoms with Crippen molar-refractivity contribution < 1.29 is 9.90 Å². The highest BCUT2D eigenvalue weighted by Crippen LogP contribution is 2.25. The minimum atomic E-state index is -1.03. The molecule has 1 N–H and O–H groups in total. The van der Waals surface area contributed by atoms with E-state index in [1.807, 2.05) is 55.5 Å². The fraction of sp³-hybridized carbons (Fsp3) is 0.158. The zero-order chi connectivity index (χ0) is 16.4. The molecule has 0 amide bonds. The first-order chi connectivity index (χ1) is 11.1. The van der Waals surface area contributed by atoms with Gasteiger partial charge in [-0.05, 0) is 37.1 Å². The van der Waals surface area contributed by atoms with Crippen molar-refractivity contribution in [3.8, 4) is 16.9 Å². The van der Waals surface area contributed by atoms with Crippen LogP contribution in [0.4, 0.5) is 0 Å². The smallest absolute Gasteiger partial charge is 0.356 e. The van der Waals surface area contributed by atoms with Crippen LogP contribution in [-0.2, 0) is 6.42 Å². The predicted octanol–water partition coefficient (Wildman–Crippen LogP) is 4.11. The Hall–Kier alpha value is -2.88. The summed E-state index contributed by atoms with van der Waals surface area (Å²) in [4.78, 5) is 11.3. The summed E-state index contributed by atoms with van der Waals surface area (Å²) < 4.78 is 1.69. The first-order valence-corrected chi connectivity index (χ1v) is 7.58. The maximum absolute atomic E-state index is 11.3. The zero-order valence-electron chi connectivity index (χ0n) is 13.2. The lowest BCUT2D eigenvalue weighted by molar-refractivity contribution is 0.0690. The quantitative estimate of drug-likeness (QED) is 0.789. The molecule has 1 aromatic heterocycles. The number of carboxylic acids is 1. The number of aromatic carboxylic acids is 1. The second kappa shape index (κ2) is 6.08. The summed E-state index contributed by atoms with van der Waals surface area (Å²) in [5.41, 5.74) is 4.99. The lowest BCUT2D eigenvalue weighted by atomic mass is 10.1. The van der Waals surface area contributed by atoms with E-state index in [-0.39, 0.29) is 5.69 Å². The number of carboxylic acid groups (broad SMARTS) is 1. The molecule has 0 aliphatic heterocycles. The van der Waals surface area contributed by atoms with E-state index in [9.17, 15) is 9.90 Å². The van der Waals surface area contributed by atoms with Gasteiger partial charge in [-0.25, -0.2) is 9.48 Å². The molecule has 0 unspecified atom stereocenters. The summed E-state index contributed by atoms with van der Waals surface area (Å²) in [5, 5.41) is 13.5. The Balaban J connectivity index is 2.13. The van der Waals surface area contributed by atoms with Crippen LogP contribution in [0.3, 0.4) is 0 Å². The van der Waals surface area contributed by atoms with Crippen LogP contribution in [0.25, 0.3) is 16.9 Å². The molecule has 0 spiro atoms. The van der Waals surface area contributed by atoms with Crippen LogP contribution < -0.4 is 0 Å². The van der Waals surface area contributed by atoms with Crippen LogP contribution in [0.1, 0.15) is 28.5 Å². The van der Waals surface area contributed by atoms with Crippen LogP contribution in [-0.4, -0.2) is 20.9 Å². The highest BCUT2D eigenvalue weighted by Gasteiger charge is 2.15. The summed E-state index contributed by atoms with van der Waals surface area (Å²) in [5.74, 6) is -1.03. The Morgan fingerprint density at radius 3 is 2.30 bits per heavy atom. The number of hydrogen-bond donors (Lipinski definition) is 1. The molecule has 0 saturated heterocycles. The molecule has 0 saturated carbocycles. The molecule has 0 aliphatic carbocycles. The molecule has 0 fully saturated rings. The maximum Gasteiger partial charge on any atom is 0.356 e. The molecule has 2 aromatic carbocycles. The van der Waals surface area contributed by atoms with Gasteiger partial charge in [0.25, 0.3) is 0 Å². The minimum Gasteiger partial charge on any atom is -0.476 e. The Morgan fingerprint density at radius 1 is 1.09 bits per heavy atom. The summed E-state index contributed by atoms with van der Waals surface area (Å²) in [7, 11) is 0. The Bertz CT molecular complexity index is 831. The van der Waals surface area contributed by atoms with Crippen molar-refractivity contribution in [2.75, 3.05) is 0 Å². The van der Waals surface area contributed by atoms with Crippen molar-refractivity contribution in [2.45, 2.75) is 20.3 Å². The summed E-state index contributed by atoms with van der Waals surface area (Å²) >= 11 is 0. The van der Waals surface area contributed by atoms with E-state index >= 15 is 0 Å². The molecular formula is C19H18N2O2. The highest BCUT2D eigenvalue weighted by atomic mass is 16.4. The third-order valence-electron chi connectivity index (χ3n) is 3.86. The van der Waals surface area contributed by atoms with Crippen molar-refractivity contribution in [3.05, 3.63) is 71.4 Å². The summed E-state index contributed by atoms with van der Waals surface area (Å²) in [6.07, 6.45) is 0.963. The summed E-state index contributed by atoms with van der Waals surface area (Å²) in [6, 6.07) is 17.6. The van der Waals surface area contributed by atoms with E-state index in [1.54, 1.807) is 10.7 Å². The third-order valence-corrected chi connectivity index (χ3v) is 3.86. The van der Waals surface area contributed by atoms with Crippen LogP contribution in [0, 0.1) is 6.92 Å². The first-order valence-electron chi connectivity index (χ1n) is 7.58. The fourth-order valence-electron chi connectivity index (χ4n) is 2.49. The number of hydrogen-bond acceptors (Lipinski definition) is 2. The van der Waals surface area contributed by atoms with Crippen molar-refractivity contribution in [1.29, 1.82) is 0 Å². The molecule has 0 aliphatic rings. The minimum absolute atomic E-state index is 0.0418. The predicted molar refractivity (Wildman–Crippen MR) is 90.1 cm³/mol. The lowest BCUT2D eigenvalue weighted by Gasteiger charge is -2.08. The van der Waals surface area contributed by atoms with Gasteiger partial charge in [-0.3, -0.25) is 0 Å². The largest absolute Gasteiger partial charge is 0.476 e. The van der Waals surface area contributed by atoms with Gasteiger partial charge in [-0.1, -0.05) is 48.9 Å². The average molecular weight is 306 g/mol. The molecule has 23 heavy (non-hydrogen) atoms. The number of aryl methyl sites for hydroxylation is 2. The molecule has 3 rings (SSSR count). The average Bonchev–Trinajstić information content (AvgIpc) is 3.01. The van der Waals surface area contributed by atoms with Gasteiger partial charge in [-0.15, -0.1) is 0 Å². The Kier molecular flexibility index (Phi) is 3.98. The standard InChI is InChI=1S/C19H18N2O2/c1-3-14-6-10-16(11-7-14)21-18(12-17(20-21)19(22)23)15-8-4-13(2)5-9-15/h4-12H,3H2,1-2H3,(H,22,23). The molecule has 0 atom stereocenters. The zero-order valence-corrected chi connectivity index (χ0v) is 13.2. The van der Waals surface area contributed by atoms with E-state index in [2.05, 4.69) is 12.0 Å². The number of nitrogens with zero attached hydrogens (tertiary/aromatic N) is 2. The van der Waals surface area contributed by atoms with Crippen molar-refractivity contribution in [1.82, 2.24) is 9.78 Å². The summed E-state index contributed by atoms with van der Waals surface area (Å²) in [6.45, 7) is 4.12. The van der Waals surface area contributed by atoms with Crippen LogP contribution in [0.15, 0.2) is 54.6 Å². The molecule has 4 nitrogen and oxygen atoms in total. The van der Waals surface area contributed by atoms with Crippen LogP contribution >= 0.6 is 0 Å². The van der Waals surface area contributed by atoms with Crippen molar-refractivity contribution in [2.24, 2.45) is 0 Å². The molecule has 3 aromatic rings.